The van der Waals surface area contributed by atoms with Crippen LogP contribution in [0.4, 0.5) is 5.69 Å². The molecule has 0 aliphatic carbocycles. The van der Waals surface area contributed by atoms with Gasteiger partial charge in [0.2, 0.25) is 5.91 Å². The van der Waals surface area contributed by atoms with Crippen molar-refractivity contribution in [3.05, 3.63) is 95.1 Å². The summed E-state index contributed by atoms with van der Waals surface area (Å²) < 4.78 is 3.32. The Hall–Kier alpha value is -2.50. The maximum absolute atomic E-state index is 12.3. The predicted molar refractivity (Wildman–Crippen MR) is 121 cm³/mol. The van der Waals surface area contributed by atoms with Crippen molar-refractivity contribution < 1.29 is 4.79 Å². The Kier molecular flexibility index (Phi) is 5.84. The third-order valence-electron chi connectivity index (χ3n) is 4.43. The van der Waals surface area contributed by atoms with Crippen molar-refractivity contribution in [2.24, 2.45) is 0 Å². The van der Waals surface area contributed by atoms with Crippen LogP contribution in [0.3, 0.4) is 0 Å². The lowest BCUT2D eigenvalue weighted by Gasteiger charge is -2.05. The van der Waals surface area contributed by atoms with Gasteiger partial charge in [0.25, 0.3) is 0 Å². The highest BCUT2D eigenvalue weighted by Gasteiger charge is 2.11. The van der Waals surface area contributed by atoms with Crippen LogP contribution in [0.15, 0.2) is 94.4 Å². The first-order chi connectivity index (χ1) is 13.7. The van der Waals surface area contributed by atoms with Gasteiger partial charge in [-0.3, -0.25) is 4.79 Å². The zero-order valence-corrected chi connectivity index (χ0v) is 17.5. The van der Waals surface area contributed by atoms with Crippen LogP contribution in [0.5, 0.6) is 0 Å². The van der Waals surface area contributed by atoms with Crippen LogP contribution in [0.25, 0.3) is 10.9 Å². The molecule has 4 aromatic rings. The molecular weight excluding hydrogens is 432 g/mol. The summed E-state index contributed by atoms with van der Waals surface area (Å²) in [6.45, 7) is 0.796. The monoisotopic (exact) mass is 450 g/mol. The van der Waals surface area contributed by atoms with Gasteiger partial charge in [0.05, 0.1) is 5.75 Å². The molecule has 0 radical (unpaired) electrons. The van der Waals surface area contributed by atoms with Crippen molar-refractivity contribution in [3.63, 3.8) is 0 Å². The van der Waals surface area contributed by atoms with Crippen molar-refractivity contribution >= 4 is 50.2 Å². The van der Waals surface area contributed by atoms with Crippen LogP contribution in [0.1, 0.15) is 5.56 Å². The molecule has 0 saturated carbocycles. The maximum Gasteiger partial charge on any atom is 0.234 e. The van der Waals surface area contributed by atoms with E-state index in [2.05, 4.69) is 74.5 Å². The molecule has 0 spiro atoms. The molecule has 0 fully saturated rings. The van der Waals surface area contributed by atoms with Crippen LogP contribution in [0, 0.1) is 0 Å². The Labute approximate surface area is 176 Å². The van der Waals surface area contributed by atoms with Crippen molar-refractivity contribution in [1.82, 2.24) is 4.57 Å². The van der Waals surface area contributed by atoms with Gasteiger partial charge in [0, 0.05) is 38.7 Å². The number of hydrogen-bond donors (Lipinski definition) is 1. The van der Waals surface area contributed by atoms with Gasteiger partial charge in [-0.05, 0) is 35.9 Å². The van der Waals surface area contributed by atoms with Gasteiger partial charge in [0.15, 0.2) is 0 Å². The molecule has 0 unspecified atom stereocenters. The van der Waals surface area contributed by atoms with Crippen molar-refractivity contribution in [2.75, 3.05) is 11.1 Å². The number of thioether (sulfide) groups is 1. The molecule has 140 valence electrons. The van der Waals surface area contributed by atoms with Gasteiger partial charge in [-0.1, -0.05) is 64.5 Å². The van der Waals surface area contributed by atoms with Gasteiger partial charge in [-0.15, -0.1) is 11.8 Å². The highest BCUT2D eigenvalue weighted by molar-refractivity contribution is 9.10. The molecule has 1 N–H and O–H groups in total. The maximum atomic E-state index is 12.3. The molecule has 4 rings (SSSR count). The Balaban J connectivity index is 1.51. The van der Waals surface area contributed by atoms with E-state index in [1.165, 1.54) is 16.5 Å². The molecule has 0 atom stereocenters. The number of fused-ring (bicyclic) bond motifs is 1. The van der Waals surface area contributed by atoms with E-state index in [9.17, 15) is 4.79 Å². The summed E-state index contributed by atoms with van der Waals surface area (Å²) in [6.07, 6.45) is 2.15. The fraction of sp³-hybridized carbons (Fsp3) is 0.0870. The number of nitrogens with one attached hydrogen (secondary N) is 1. The molecule has 3 nitrogen and oxygen atoms in total. The van der Waals surface area contributed by atoms with Gasteiger partial charge in [0.1, 0.15) is 0 Å². The van der Waals surface area contributed by atoms with Crippen molar-refractivity contribution in [2.45, 2.75) is 11.4 Å². The zero-order chi connectivity index (χ0) is 19.3. The first kappa shape index (κ1) is 18.8. The summed E-state index contributed by atoms with van der Waals surface area (Å²) in [6, 6.07) is 26.3. The number of amides is 1. The number of halogens is 1. The second kappa shape index (κ2) is 8.67. The van der Waals surface area contributed by atoms with Gasteiger partial charge in [-0.25, -0.2) is 0 Å². The van der Waals surface area contributed by atoms with Crippen molar-refractivity contribution in [1.29, 1.82) is 0 Å². The summed E-state index contributed by atoms with van der Waals surface area (Å²) in [5, 5.41) is 4.12. The number of aromatic nitrogens is 1. The Morgan fingerprint density at radius 1 is 0.929 bits per heavy atom. The van der Waals surface area contributed by atoms with E-state index in [1.807, 2.05) is 36.4 Å². The fourth-order valence-corrected chi connectivity index (χ4v) is 4.26. The number of nitrogens with zero attached hydrogens (tertiary/aromatic N) is 1. The third kappa shape index (κ3) is 4.49. The van der Waals surface area contributed by atoms with Gasteiger partial charge >= 0.3 is 0 Å². The van der Waals surface area contributed by atoms with E-state index in [4.69, 9.17) is 0 Å². The highest BCUT2D eigenvalue weighted by atomic mass is 79.9. The third-order valence-corrected chi connectivity index (χ3v) is 6.01. The Morgan fingerprint density at radius 2 is 1.64 bits per heavy atom. The topological polar surface area (TPSA) is 34.0 Å². The molecule has 0 aliphatic rings. The van der Waals surface area contributed by atoms with E-state index in [-0.39, 0.29) is 5.91 Å². The molecule has 5 heteroatoms. The number of para-hydroxylation sites is 2. The summed E-state index contributed by atoms with van der Waals surface area (Å²) in [7, 11) is 0. The zero-order valence-electron chi connectivity index (χ0n) is 15.1. The average molecular weight is 451 g/mol. The number of rotatable bonds is 6. The number of carbonyl (C=O) groups is 1. The van der Waals surface area contributed by atoms with E-state index < -0.39 is 0 Å². The summed E-state index contributed by atoms with van der Waals surface area (Å²) >= 11 is 5.06. The molecular formula is C23H19BrN2OS. The second-order valence-electron chi connectivity index (χ2n) is 6.47. The minimum atomic E-state index is 0.000871. The van der Waals surface area contributed by atoms with Crippen LogP contribution < -0.4 is 5.32 Å². The second-order valence-corrected chi connectivity index (χ2v) is 8.40. The van der Waals surface area contributed by atoms with Gasteiger partial charge in [-0.2, -0.15) is 0 Å². The smallest absolute Gasteiger partial charge is 0.234 e. The summed E-state index contributed by atoms with van der Waals surface area (Å²) in [4.78, 5) is 13.4. The molecule has 3 aromatic carbocycles. The van der Waals surface area contributed by atoms with Crippen LogP contribution >= 0.6 is 27.7 Å². The van der Waals surface area contributed by atoms with Crippen LogP contribution in [-0.4, -0.2) is 16.2 Å². The quantitative estimate of drug-likeness (QED) is 0.355. The van der Waals surface area contributed by atoms with Crippen LogP contribution in [-0.2, 0) is 11.3 Å². The minimum Gasteiger partial charge on any atom is -0.342 e. The lowest BCUT2D eigenvalue weighted by molar-refractivity contribution is -0.113. The lowest BCUT2D eigenvalue weighted by Crippen LogP contribution is -2.13. The molecule has 0 saturated heterocycles. The van der Waals surface area contributed by atoms with Crippen LogP contribution in [0.2, 0.25) is 0 Å². The lowest BCUT2D eigenvalue weighted by atomic mass is 10.2. The highest BCUT2D eigenvalue weighted by Crippen LogP contribution is 2.30. The molecule has 1 amide bonds. The number of anilines is 1. The normalized spacial score (nSPS) is 10.9. The minimum absolute atomic E-state index is 0.000871. The molecule has 0 bridgehead atoms. The van der Waals surface area contributed by atoms with E-state index in [0.717, 1.165) is 21.6 Å². The molecule has 1 aromatic heterocycles. The van der Waals surface area contributed by atoms with E-state index in [1.54, 1.807) is 11.8 Å². The summed E-state index contributed by atoms with van der Waals surface area (Å²) in [5.41, 5.74) is 3.24. The Bertz CT molecular complexity index is 1090. The Morgan fingerprint density at radius 3 is 2.43 bits per heavy atom. The SMILES string of the molecule is O=C(CSc1cn(Cc2ccc(Br)cc2)c2ccccc12)Nc1ccccc1. The number of carbonyl (C=O) groups excluding carboxylic acids is 1. The number of hydrogen-bond acceptors (Lipinski definition) is 2. The van der Waals surface area contributed by atoms with E-state index >= 15 is 0 Å². The van der Waals surface area contributed by atoms with Crippen molar-refractivity contribution in [3.8, 4) is 0 Å². The molecule has 0 aliphatic heterocycles. The molecule has 28 heavy (non-hydrogen) atoms. The first-order valence-corrected chi connectivity index (χ1v) is 10.8. The fourth-order valence-electron chi connectivity index (χ4n) is 3.11. The summed E-state index contributed by atoms with van der Waals surface area (Å²) in [5.74, 6) is 0.377. The first-order valence-electron chi connectivity index (χ1n) is 8.99. The molecule has 1 heterocycles. The average Bonchev–Trinajstić information content (AvgIpc) is 3.07. The largest absolute Gasteiger partial charge is 0.342 e. The van der Waals surface area contributed by atoms with E-state index in [0.29, 0.717) is 5.75 Å². The number of benzene rings is 3. The standard InChI is InChI=1S/C23H19BrN2OS/c24-18-12-10-17(11-13-18)14-26-15-22(20-8-4-5-9-21(20)26)28-16-23(27)25-19-6-2-1-3-7-19/h1-13,15H,14,16H2,(H,25,27). The predicted octanol–water partition coefficient (Wildman–Crippen LogP) is 6.18. The van der Waals surface area contributed by atoms with Gasteiger partial charge < -0.3 is 9.88 Å².